The Morgan fingerprint density at radius 2 is 1.91 bits per heavy atom. The summed E-state index contributed by atoms with van der Waals surface area (Å²) in [6, 6.07) is 0. The van der Waals surface area contributed by atoms with Gasteiger partial charge in [0.25, 0.3) is 0 Å². The molecule has 0 heterocycles. The Bertz CT molecular complexity index is 111. The zero-order valence-electron chi connectivity index (χ0n) is 7.05. The van der Waals surface area contributed by atoms with E-state index < -0.39 is 0 Å². The minimum Gasteiger partial charge on any atom is -0.393 e. The number of aliphatic hydroxyl groups excluding tert-OH is 1. The first-order valence-corrected chi connectivity index (χ1v) is 4.13. The molecule has 0 atom stereocenters. The quantitative estimate of drug-likeness (QED) is 0.640. The average molecular weight is 180 g/mol. The van der Waals surface area contributed by atoms with Gasteiger partial charge in [-0.25, -0.2) is 0 Å². The highest BCUT2D eigenvalue weighted by molar-refractivity contribution is 5.85. The smallest absolute Gasteiger partial charge is 0.0541 e. The molecule has 1 rings (SSSR count). The zero-order chi connectivity index (χ0) is 7.61. The second-order valence-electron chi connectivity index (χ2n) is 3.45. The maximum absolute atomic E-state index is 9.18. The van der Waals surface area contributed by atoms with Crippen molar-refractivity contribution in [2.24, 2.45) is 5.73 Å². The van der Waals surface area contributed by atoms with Gasteiger partial charge in [-0.15, -0.1) is 12.4 Å². The Hall–Kier alpha value is 0.210. The van der Waals surface area contributed by atoms with E-state index in [1.807, 2.05) is 0 Å². The summed E-state index contributed by atoms with van der Waals surface area (Å²) in [6.07, 6.45) is 4.73. The van der Waals surface area contributed by atoms with E-state index in [9.17, 15) is 5.11 Å². The zero-order valence-corrected chi connectivity index (χ0v) is 7.86. The van der Waals surface area contributed by atoms with E-state index in [0.29, 0.717) is 0 Å². The molecule has 3 N–H and O–H groups in total. The fraction of sp³-hybridized carbons (Fsp3) is 1.00. The normalized spacial score (nSPS) is 37.9. The summed E-state index contributed by atoms with van der Waals surface area (Å²) in [5.74, 6) is 0. The van der Waals surface area contributed by atoms with Gasteiger partial charge in [0.2, 0.25) is 0 Å². The van der Waals surface area contributed by atoms with E-state index in [2.05, 4.69) is 6.92 Å². The van der Waals surface area contributed by atoms with Crippen LogP contribution < -0.4 is 5.73 Å². The molecule has 0 aromatic rings. The third-order valence-electron chi connectivity index (χ3n) is 2.66. The molecule has 68 valence electrons. The highest BCUT2D eigenvalue weighted by atomic mass is 35.5. The Labute approximate surface area is 74.6 Å². The lowest BCUT2D eigenvalue weighted by Gasteiger charge is -2.34. The number of hydrogen-bond acceptors (Lipinski definition) is 2. The molecule has 0 aromatic carbocycles. The van der Waals surface area contributed by atoms with E-state index in [1.54, 1.807) is 0 Å². The molecular weight excluding hydrogens is 162 g/mol. The first-order valence-electron chi connectivity index (χ1n) is 4.13. The molecule has 0 bridgehead atoms. The molecule has 0 aliphatic heterocycles. The number of hydrogen-bond donors (Lipinski definition) is 2. The molecule has 0 saturated heterocycles. The van der Waals surface area contributed by atoms with Crippen molar-refractivity contribution < 1.29 is 5.11 Å². The van der Waals surface area contributed by atoms with Crippen molar-refractivity contribution in [1.29, 1.82) is 0 Å². The summed E-state index contributed by atoms with van der Waals surface area (Å²) in [5.41, 5.74) is 6.05. The van der Waals surface area contributed by atoms with E-state index in [4.69, 9.17) is 5.73 Å². The number of aliphatic hydroxyl groups is 1. The van der Waals surface area contributed by atoms with Crippen molar-refractivity contribution in [3.8, 4) is 0 Å². The van der Waals surface area contributed by atoms with Gasteiger partial charge in [0.1, 0.15) is 0 Å². The van der Waals surface area contributed by atoms with Gasteiger partial charge in [0, 0.05) is 5.54 Å². The van der Waals surface area contributed by atoms with E-state index >= 15 is 0 Å². The molecule has 0 spiro atoms. The van der Waals surface area contributed by atoms with E-state index in [-0.39, 0.29) is 24.0 Å². The summed E-state index contributed by atoms with van der Waals surface area (Å²) in [7, 11) is 0. The predicted octanol–water partition coefficient (Wildman–Crippen LogP) is 1.45. The van der Waals surface area contributed by atoms with Crippen LogP contribution in [0, 0.1) is 0 Å². The molecule has 1 aliphatic rings. The monoisotopic (exact) mass is 179 g/mol. The SMILES string of the molecule is CCC1(N)CCC(O)CC1.Cl. The Morgan fingerprint density at radius 1 is 1.45 bits per heavy atom. The molecule has 1 fully saturated rings. The highest BCUT2D eigenvalue weighted by Crippen LogP contribution is 2.28. The van der Waals surface area contributed by atoms with Crippen LogP contribution in [0.25, 0.3) is 0 Å². The molecule has 1 saturated carbocycles. The van der Waals surface area contributed by atoms with Gasteiger partial charge in [0.05, 0.1) is 6.10 Å². The van der Waals surface area contributed by atoms with Crippen molar-refractivity contribution in [3.63, 3.8) is 0 Å². The molecule has 11 heavy (non-hydrogen) atoms. The van der Waals surface area contributed by atoms with Gasteiger partial charge in [-0.05, 0) is 32.1 Å². The standard InChI is InChI=1S/C8H17NO.ClH/c1-2-8(9)5-3-7(10)4-6-8;/h7,10H,2-6,9H2,1H3;1H. The molecule has 2 nitrogen and oxygen atoms in total. The lowest BCUT2D eigenvalue weighted by Crippen LogP contribution is -2.43. The lowest BCUT2D eigenvalue weighted by atomic mass is 9.79. The Balaban J connectivity index is 0.000001000. The Morgan fingerprint density at radius 3 is 2.27 bits per heavy atom. The maximum Gasteiger partial charge on any atom is 0.0541 e. The summed E-state index contributed by atoms with van der Waals surface area (Å²) in [4.78, 5) is 0. The van der Waals surface area contributed by atoms with Crippen LogP contribution in [-0.2, 0) is 0 Å². The summed E-state index contributed by atoms with van der Waals surface area (Å²) < 4.78 is 0. The van der Waals surface area contributed by atoms with Crippen molar-refractivity contribution in [1.82, 2.24) is 0 Å². The van der Waals surface area contributed by atoms with Crippen LogP contribution in [0.15, 0.2) is 0 Å². The third-order valence-corrected chi connectivity index (χ3v) is 2.66. The second kappa shape index (κ2) is 4.29. The maximum atomic E-state index is 9.18. The topological polar surface area (TPSA) is 46.2 Å². The van der Waals surface area contributed by atoms with Crippen LogP contribution in [0.5, 0.6) is 0 Å². The van der Waals surface area contributed by atoms with Crippen LogP contribution >= 0.6 is 12.4 Å². The molecule has 0 radical (unpaired) electrons. The summed E-state index contributed by atoms with van der Waals surface area (Å²) in [5, 5.41) is 9.18. The fourth-order valence-electron chi connectivity index (χ4n) is 1.53. The first kappa shape index (κ1) is 11.2. The largest absolute Gasteiger partial charge is 0.393 e. The molecule has 0 aromatic heterocycles. The molecule has 1 aliphatic carbocycles. The minimum absolute atomic E-state index is 0. The van der Waals surface area contributed by atoms with Gasteiger partial charge in [0.15, 0.2) is 0 Å². The van der Waals surface area contributed by atoms with E-state index in [1.165, 1.54) is 0 Å². The second-order valence-corrected chi connectivity index (χ2v) is 3.45. The van der Waals surface area contributed by atoms with Crippen LogP contribution in [0.1, 0.15) is 39.0 Å². The van der Waals surface area contributed by atoms with Gasteiger partial charge in [-0.1, -0.05) is 6.92 Å². The molecular formula is C8H18ClNO. The van der Waals surface area contributed by atoms with Crippen molar-refractivity contribution in [2.75, 3.05) is 0 Å². The van der Waals surface area contributed by atoms with Gasteiger partial charge in [-0.2, -0.15) is 0 Å². The third kappa shape index (κ3) is 2.97. The summed E-state index contributed by atoms with van der Waals surface area (Å²) in [6.45, 7) is 2.12. The Kier molecular flexibility index (Phi) is 4.37. The van der Waals surface area contributed by atoms with Gasteiger partial charge in [-0.3, -0.25) is 0 Å². The van der Waals surface area contributed by atoms with Crippen molar-refractivity contribution in [2.45, 2.75) is 50.7 Å². The van der Waals surface area contributed by atoms with Crippen molar-refractivity contribution in [3.05, 3.63) is 0 Å². The number of rotatable bonds is 1. The van der Waals surface area contributed by atoms with Gasteiger partial charge >= 0.3 is 0 Å². The number of nitrogens with two attached hydrogens (primary N) is 1. The number of halogens is 1. The van der Waals surface area contributed by atoms with Crippen LogP contribution in [-0.4, -0.2) is 16.7 Å². The fourth-order valence-corrected chi connectivity index (χ4v) is 1.53. The van der Waals surface area contributed by atoms with Crippen LogP contribution in [0.3, 0.4) is 0 Å². The predicted molar refractivity (Wildman–Crippen MR) is 48.9 cm³/mol. The average Bonchev–Trinajstić information content (AvgIpc) is 1.96. The molecule has 3 heteroatoms. The molecule has 0 amide bonds. The van der Waals surface area contributed by atoms with Crippen molar-refractivity contribution >= 4 is 12.4 Å². The van der Waals surface area contributed by atoms with Crippen LogP contribution in [0.2, 0.25) is 0 Å². The lowest BCUT2D eigenvalue weighted by molar-refractivity contribution is 0.0960. The summed E-state index contributed by atoms with van der Waals surface area (Å²) >= 11 is 0. The van der Waals surface area contributed by atoms with E-state index in [0.717, 1.165) is 32.1 Å². The van der Waals surface area contributed by atoms with Crippen LogP contribution in [0.4, 0.5) is 0 Å². The van der Waals surface area contributed by atoms with Gasteiger partial charge < -0.3 is 10.8 Å². The minimum atomic E-state index is -0.0803. The highest BCUT2D eigenvalue weighted by Gasteiger charge is 2.28. The first-order chi connectivity index (χ1) is 4.66. The molecule has 0 unspecified atom stereocenters.